The summed E-state index contributed by atoms with van der Waals surface area (Å²) in [7, 11) is 1.99. The zero-order valence-electron chi connectivity index (χ0n) is 10.2. The van der Waals surface area contributed by atoms with E-state index in [4.69, 9.17) is 11.6 Å². The molecule has 2 aromatic rings. The standard InChI is InChI=1S/C15H15BrClN/c1-18-15(12-3-2-4-13(16)10-12)9-11-5-7-14(17)8-6-11/h2-8,10,15,18H,9H2,1H3. The molecule has 1 nitrogen and oxygen atoms in total. The average molecular weight is 325 g/mol. The summed E-state index contributed by atoms with van der Waals surface area (Å²) < 4.78 is 1.11. The highest BCUT2D eigenvalue weighted by atomic mass is 79.9. The largest absolute Gasteiger partial charge is 0.313 e. The van der Waals surface area contributed by atoms with Crippen molar-refractivity contribution in [2.45, 2.75) is 12.5 Å². The predicted octanol–water partition coefficient (Wildman–Crippen LogP) is 4.61. The number of likely N-dealkylation sites (N-methyl/N-ethyl adjacent to an activating group) is 1. The van der Waals surface area contributed by atoms with E-state index in [1.54, 1.807) is 0 Å². The van der Waals surface area contributed by atoms with Crippen molar-refractivity contribution >= 4 is 27.5 Å². The number of halogens is 2. The van der Waals surface area contributed by atoms with Gasteiger partial charge in [-0.3, -0.25) is 0 Å². The van der Waals surface area contributed by atoms with Crippen LogP contribution in [0.25, 0.3) is 0 Å². The molecule has 0 aliphatic carbocycles. The Hall–Kier alpha value is -0.830. The Labute approximate surface area is 121 Å². The monoisotopic (exact) mass is 323 g/mol. The second-order valence-electron chi connectivity index (χ2n) is 4.23. The van der Waals surface area contributed by atoms with Gasteiger partial charge in [0.2, 0.25) is 0 Å². The molecule has 94 valence electrons. The van der Waals surface area contributed by atoms with Gasteiger partial charge >= 0.3 is 0 Å². The fourth-order valence-corrected chi connectivity index (χ4v) is 2.51. The average Bonchev–Trinajstić information content (AvgIpc) is 2.38. The Morgan fingerprint density at radius 3 is 2.50 bits per heavy atom. The minimum Gasteiger partial charge on any atom is -0.313 e. The van der Waals surface area contributed by atoms with Crippen LogP contribution < -0.4 is 5.32 Å². The number of nitrogens with one attached hydrogen (secondary N) is 1. The minimum absolute atomic E-state index is 0.309. The van der Waals surface area contributed by atoms with Gasteiger partial charge in [0.1, 0.15) is 0 Å². The third-order valence-corrected chi connectivity index (χ3v) is 3.70. The molecule has 18 heavy (non-hydrogen) atoms. The van der Waals surface area contributed by atoms with E-state index in [0.717, 1.165) is 15.9 Å². The van der Waals surface area contributed by atoms with E-state index in [1.807, 2.05) is 25.2 Å². The predicted molar refractivity (Wildman–Crippen MR) is 81.1 cm³/mol. The molecule has 0 spiro atoms. The summed E-state index contributed by atoms with van der Waals surface area (Å²) in [4.78, 5) is 0. The third-order valence-electron chi connectivity index (χ3n) is 2.95. The Kier molecular flexibility index (Phi) is 4.81. The van der Waals surface area contributed by atoms with Gasteiger partial charge in [0, 0.05) is 15.5 Å². The van der Waals surface area contributed by atoms with Crippen LogP contribution in [0.1, 0.15) is 17.2 Å². The molecule has 0 aliphatic rings. The summed E-state index contributed by atoms with van der Waals surface area (Å²) in [6, 6.07) is 16.7. The first-order valence-corrected chi connectivity index (χ1v) is 7.03. The number of hydrogen-bond donors (Lipinski definition) is 1. The van der Waals surface area contributed by atoms with Crippen molar-refractivity contribution < 1.29 is 0 Å². The van der Waals surface area contributed by atoms with Gasteiger partial charge in [-0.05, 0) is 48.9 Å². The maximum atomic E-state index is 5.90. The Bertz CT molecular complexity index is 510. The lowest BCUT2D eigenvalue weighted by Crippen LogP contribution is -2.18. The molecule has 0 bridgehead atoms. The lowest BCUT2D eigenvalue weighted by molar-refractivity contribution is 0.592. The highest BCUT2D eigenvalue weighted by molar-refractivity contribution is 9.10. The molecule has 2 rings (SSSR count). The molecule has 1 N–H and O–H groups in total. The van der Waals surface area contributed by atoms with E-state index in [0.29, 0.717) is 6.04 Å². The van der Waals surface area contributed by atoms with Crippen LogP contribution in [0.15, 0.2) is 53.0 Å². The fourth-order valence-electron chi connectivity index (χ4n) is 1.97. The van der Waals surface area contributed by atoms with Crippen molar-refractivity contribution in [3.63, 3.8) is 0 Å². The van der Waals surface area contributed by atoms with Crippen molar-refractivity contribution in [1.82, 2.24) is 5.32 Å². The molecule has 0 saturated heterocycles. The lowest BCUT2D eigenvalue weighted by Gasteiger charge is -2.17. The van der Waals surface area contributed by atoms with Crippen LogP contribution in [0.2, 0.25) is 5.02 Å². The molecule has 0 radical (unpaired) electrons. The molecule has 0 saturated carbocycles. The summed E-state index contributed by atoms with van der Waals surface area (Å²) in [5.41, 5.74) is 2.56. The van der Waals surface area contributed by atoms with Crippen LogP contribution in [0, 0.1) is 0 Å². The first-order chi connectivity index (χ1) is 8.69. The van der Waals surface area contributed by atoms with E-state index in [2.05, 4.69) is 51.6 Å². The van der Waals surface area contributed by atoms with Gasteiger partial charge in [0.05, 0.1) is 0 Å². The summed E-state index contributed by atoms with van der Waals surface area (Å²) in [6.07, 6.45) is 0.949. The molecular weight excluding hydrogens is 310 g/mol. The van der Waals surface area contributed by atoms with E-state index in [1.165, 1.54) is 11.1 Å². The van der Waals surface area contributed by atoms with Crippen molar-refractivity contribution in [3.8, 4) is 0 Å². The van der Waals surface area contributed by atoms with Crippen LogP contribution >= 0.6 is 27.5 Å². The Balaban J connectivity index is 2.17. The molecule has 0 fully saturated rings. The molecular formula is C15H15BrClN. The van der Waals surface area contributed by atoms with Crippen LogP contribution in [0.3, 0.4) is 0 Å². The van der Waals surface area contributed by atoms with E-state index in [-0.39, 0.29) is 0 Å². The molecule has 1 atom stereocenters. The highest BCUT2D eigenvalue weighted by Gasteiger charge is 2.10. The van der Waals surface area contributed by atoms with Crippen LogP contribution in [-0.4, -0.2) is 7.05 Å². The van der Waals surface area contributed by atoms with Gasteiger partial charge in [-0.2, -0.15) is 0 Å². The molecule has 0 amide bonds. The molecule has 0 heterocycles. The van der Waals surface area contributed by atoms with Gasteiger partial charge in [-0.15, -0.1) is 0 Å². The molecule has 2 aromatic carbocycles. The Morgan fingerprint density at radius 2 is 1.89 bits per heavy atom. The van der Waals surface area contributed by atoms with Crippen molar-refractivity contribution in [3.05, 3.63) is 69.2 Å². The second-order valence-corrected chi connectivity index (χ2v) is 5.58. The summed E-state index contributed by atoms with van der Waals surface area (Å²) in [5.74, 6) is 0. The van der Waals surface area contributed by atoms with Crippen LogP contribution in [0.5, 0.6) is 0 Å². The third kappa shape index (κ3) is 3.58. The first-order valence-electron chi connectivity index (χ1n) is 5.86. The molecule has 0 aliphatic heterocycles. The molecule has 1 unspecified atom stereocenters. The van der Waals surface area contributed by atoms with E-state index >= 15 is 0 Å². The second kappa shape index (κ2) is 6.37. The maximum absolute atomic E-state index is 5.90. The lowest BCUT2D eigenvalue weighted by atomic mass is 9.99. The number of benzene rings is 2. The fraction of sp³-hybridized carbons (Fsp3) is 0.200. The molecule has 3 heteroatoms. The van der Waals surface area contributed by atoms with Gasteiger partial charge in [-0.1, -0.05) is 51.8 Å². The van der Waals surface area contributed by atoms with Crippen LogP contribution in [-0.2, 0) is 6.42 Å². The smallest absolute Gasteiger partial charge is 0.0406 e. The highest BCUT2D eigenvalue weighted by Crippen LogP contribution is 2.22. The van der Waals surface area contributed by atoms with E-state index in [9.17, 15) is 0 Å². The van der Waals surface area contributed by atoms with Crippen LogP contribution in [0.4, 0.5) is 0 Å². The zero-order chi connectivity index (χ0) is 13.0. The number of hydrogen-bond acceptors (Lipinski definition) is 1. The van der Waals surface area contributed by atoms with Gasteiger partial charge in [0.25, 0.3) is 0 Å². The van der Waals surface area contributed by atoms with Gasteiger partial charge < -0.3 is 5.32 Å². The first kappa shape index (κ1) is 13.6. The summed E-state index contributed by atoms with van der Waals surface area (Å²) >= 11 is 9.41. The quantitative estimate of drug-likeness (QED) is 0.866. The zero-order valence-corrected chi connectivity index (χ0v) is 12.5. The van der Waals surface area contributed by atoms with Gasteiger partial charge in [0.15, 0.2) is 0 Å². The number of rotatable bonds is 4. The van der Waals surface area contributed by atoms with Crippen molar-refractivity contribution in [1.29, 1.82) is 0 Å². The van der Waals surface area contributed by atoms with Crippen molar-refractivity contribution in [2.24, 2.45) is 0 Å². The van der Waals surface area contributed by atoms with E-state index < -0.39 is 0 Å². The summed E-state index contributed by atoms with van der Waals surface area (Å²) in [5, 5.41) is 4.13. The normalized spacial score (nSPS) is 12.4. The minimum atomic E-state index is 0.309. The maximum Gasteiger partial charge on any atom is 0.0406 e. The SMILES string of the molecule is CNC(Cc1ccc(Cl)cc1)c1cccc(Br)c1. The summed E-state index contributed by atoms with van der Waals surface area (Å²) in [6.45, 7) is 0. The van der Waals surface area contributed by atoms with Crippen molar-refractivity contribution in [2.75, 3.05) is 7.05 Å². The Morgan fingerprint density at radius 1 is 1.17 bits per heavy atom. The topological polar surface area (TPSA) is 12.0 Å². The molecule has 0 aromatic heterocycles. The van der Waals surface area contributed by atoms with Gasteiger partial charge in [-0.25, -0.2) is 0 Å².